The molecule has 0 aliphatic heterocycles. The molecule has 0 aliphatic rings. The van der Waals surface area contributed by atoms with Crippen molar-refractivity contribution in [3.63, 3.8) is 0 Å². The second-order valence-corrected chi connectivity index (χ2v) is 3.91. The van der Waals surface area contributed by atoms with Crippen molar-refractivity contribution in [2.24, 2.45) is 0 Å². The topological polar surface area (TPSA) is 64.1 Å². The number of halogens is 1. The van der Waals surface area contributed by atoms with E-state index in [-0.39, 0.29) is 0 Å². The van der Waals surface area contributed by atoms with Crippen LogP contribution in [0.5, 0.6) is 0 Å². The Morgan fingerprint density at radius 3 is 2.89 bits per heavy atom. The zero-order chi connectivity index (χ0) is 13.3. The average molecular weight is 252 g/mol. The number of ether oxygens (including phenoxy) is 1. The van der Waals surface area contributed by atoms with Crippen LogP contribution < -0.4 is 5.69 Å². The molecule has 0 aliphatic carbocycles. The molecule has 1 aromatic heterocycles. The lowest BCUT2D eigenvalue weighted by Gasteiger charge is -2.13. The van der Waals surface area contributed by atoms with Crippen molar-refractivity contribution in [2.75, 3.05) is 7.11 Å². The molecule has 18 heavy (non-hydrogen) atoms. The van der Waals surface area contributed by atoms with Crippen molar-refractivity contribution in [1.82, 2.24) is 9.55 Å². The fourth-order valence-electron chi connectivity index (χ4n) is 2.00. The summed E-state index contributed by atoms with van der Waals surface area (Å²) in [7, 11) is 1.27. The van der Waals surface area contributed by atoms with Gasteiger partial charge in [0.25, 0.3) is 0 Å². The Balaban J connectivity index is 2.66. The zero-order valence-electron chi connectivity index (χ0n) is 10.1. The molecule has 0 spiro atoms. The van der Waals surface area contributed by atoms with Gasteiger partial charge in [-0.15, -0.1) is 0 Å². The Kier molecular flexibility index (Phi) is 3.18. The van der Waals surface area contributed by atoms with Crippen LogP contribution in [0.4, 0.5) is 4.39 Å². The molecule has 0 fully saturated rings. The highest BCUT2D eigenvalue weighted by Gasteiger charge is 2.23. The van der Waals surface area contributed by atoms with E-state index in [2.05, 4.69) is 9.72 Å². The third-order valence-corrected chi connectivity index (χ3v) is 2.85. The number of methoxy groups -OCH3 is 1. The zero-order valence-corrected chi connectivity index (χ0v) is 10.1. The molecule has 0 radical (unpaired) electrons. The lowest BCUT2D eigenvalue weighted by molar-refractivity contribution is -0.144. The minimum Gasteiger partial charge on any atom is -0.467 e. The molecule has 0 saturated carbocycles. The van der Waals surface area contributed by atoms with Gasteiger partial charge >= 0.3 is 11.7 Å². The van der Waals surface area contributed by atoms with E-state index in [1.165, 1.54) is 29.9 Å². The van der Waals surface area contributed by atoms with Crippen LogP contribution in [0, 0.1) is 5.82 Å². The number of aromatic amines is 1. The van der Waals surface area contributed by atoms with Gasteiger partial charge in [0.1, 0.15) is 11.9 Å². The molecule has 0 saturated heterocycles. The van der Waals surface area contributed by atoms with Gasteiger partial charge < -0.3 is 9.72 Å². The first-order valence-electron chi connectivity index (χ1n) is 5.56. The van der Waals surface area contributed by atoms with Gasteiger partial charge in [-0.2, -0.15) is 0 Å². The van der Waals surface area contributed by atoms with Crippen molar-refractivity contribution in [3.05, 3.63) is 34.5 Å². The van der Waals surface area contributed by atoms with Crippen LogP contribution in [0.3, 0.4) is 0 Å². The number of imidazole rings is 1. The monoisotopic (exact) mass is 252 g/mol. The molecule has 5 nitrogen and oxygen atoms in total. The normalized spacial score (nSPS) is 12.6. The smallest absolute Gasteiger partial charge is 0.329 e. The molecular formula is C12H13FN2O3. The largest absolute Gasteiger partial charge is 0.467 e. The van der Waals surface area contributed by atoms with Gasteiger partial charge in [0.05, 0.1) is 18.1 Å². The summed E-state index contributed by atoms with van der Waals surface area (Å²) in [5.74, 6) is -0.938. The number of carbonyl (C=O) groups is 1. The van der Waals surface area contributed by atoms with Gasteiger partial charge in [0.2, 0.25) is 0 Å². The van der Waals surface area contributed by atoms with E-state index in [1.807, 2.05) is 0 Å². The van der Waals surface area contributed by atoms with Gasteiger partial charge in [-0.05, 0) is 24.6 Å². The third-order valence-electron chi connectivity index (χ3n) is 2.85. The number of H-pyrrole nitrogens is 1. The molecule has 1 atom stereocenters. The second-order valence-electron chi connectivity index (χ2n) is 3.91. The molecule has 1 unspecified atom stereocenters. The van der Waals surface area contributed by atoms with Gasteiger partial charge in [-0.1, -0.05) is 6.92 Å². The van der Waals surface area contributed by atoms with E-state index < -0.39 is 23.5 Å². The maximum atomic E-state index is 13.1. The van der Waals surface area contributed by atoms with E-state index in [1.54, 1.807) is 6.92 Å². The highest BCUT2D eigenvalue weighted by molar-refractivity contribution is 5.80. The number of rotatable bonds is 3. The number of esters is 1. The first-order valence-corrected chi connectivity index (χ1v) is 5.56. The highest BCUT2D eigenvalue weighted by Crippen LogP contribution is 2.19. The highest BCUT2D eigenvalue weighted by atomic mass is 19.1. The fourth-order valence-corrected chi connectivity index (χ4v) is 2.00. The van der Waals surface area contributed by atoms with Gasteiger partial charge in [-0.3, -0.25) is 4.57 Å². The molecule has 1 N–H and O–H groups in total. The van der Waals surface area contributed by atoms with Crippen molar-refractivity contribution in [1.29, 1.82) is 0 Å². The standard InChI is InChI=1S/C12H13FN2O3/c1-3-9(11(16)18-2)15-10-5-4-7(13)6-8(10)14-12(15)17/h4-6,9H,3H2,1-2H3,(H,14,17). The Morgan fingerprint density at radius 2 is 2.28 bits per heavy atom. The summed E-state index contributed by atoms with van der Waals surface area (Å²) >= 11 is 0. The van der Waals surface area contributed by atoms with Crippen molar-refractivity contribution in [2.45, 2.75) is 19.4 Å². The lowest BCUT2D eigenvalue weighted by atomic mass is 10.2. The molecule has 2 aromatic rings. The minimum atomic E-state index is -0.707. The predicted octanol–water partition coefficient (Wildman–Crippen LogP) is 1.59. The molecule has 96 valence electrons. The summed E-state index contributed by atoms with van der Waals surface area (Å²) in [5.41, 5.74) is 0.397. The first-order chi connectivity index (χ1) is 8.58. The number of fused-ring (bicyclic) bond motifs is 1. The average Bonchev–Trinajstić information content (AvgIpc) is 2.66. The van der Waals surface area contributed by atoms with E-state index in [9.17, 15) is 14.0 Å². The number of aromatic nitrogens is 2. The number of hydrogen-bond acceptors (Lipinski definition) is 3. The molecule has 6 heteroatoms. The Morgan fingerprint density at radius 1 is 1.56 bits per heavy atom. The number of benzene rings is 1. The van der Waals surface area contributed by atoms with Gasteiger partial charge in [-0.25, -0.2) is 14.0 Å². The summed E-state index contributed by atoms with van der Waals surface area (Å²) in [6.45, 7) is 1.77. The molecular weight excluding hydrogens is 239 g/mol. The number of hydrogen-bond donors (Lipinski definition) is 1. The van der Waals surface area contributed by atoms with E-state index in [0.717, 1.165) is 0 Å². The van der Waals surface area contributed by atoms with Crippen molar-refractivity contribution in [3.8, 4) is 0 Å². The first kappa shape index (κ1) is 12.3. The molecule has 0 amide bonds. The lowest BCUT2D eigenvalue weighted by Crippen LogP contribution is -2.28. The SMILES string of the molecule is CCC(C(=O)OC)n1c(=O)[nH]c2cc(F)ccc21. The molecule has 1 heterocycles. The van der Waals surface area contributed by atoms with Crippen LogP contribution in [0.1, 0.15) is 19.4 Å². The van der Waals surface area contributed by atoms with Gasteiger partial charge in [0, 0.05) is 0 Å². The Labute approximate surface area is 102 Å². The van der Waals surface area contributed by atoms with Crippen LogP contribution in [0.2, 0.25) is 0 Å². The number of nitrogens with one attached hydrogen (secondary N) is 1. The third kappa shape index (κ3) is 1.90. The maximum Gasteiger partial charge on any atom is 0.329 e. The summed E-state index contributed by atoms with van der Waals surface area (Å²) in [4.78, 5) is 26.0. The summed E-state index contributed by atoms with van der Waals surface area (Å²) in [5, 5.41) is 0. The Hall–Kier alpha value is -2.11. The fraction of sp³-hybridized carbons (Fsp3) is 0.333. The van der Waals surface area contributed by atoms with Crippen LogP contribution in [0.15, 0.2) is 23.0 Å². The summed E-state index contributed by atoms with van der Waals surface area (Å²) < 4.78 is 19.0. The van der Waals surface area contributed by atoms with Crippen molar-refractivity contribution >= 4 is 17.0 Å². The number of nitrogens with zero attached hydrogens (tertiary/aromatic N) is 1. The summed E-state index contributed by atoms with van der Waals surface area (Å²) in [6, 6.07) is 3.23. The maximum absolute atomic E-state index is 13.1. The summed E-state index contributed by atoms with van der Waals surface area (Å²) in [6.07, 6.45) is 0.414. The van der Waals surface area contributed by atoms with Crippen molar-refractivity contribution < 1.29 is 13.9 Å². The molecule has 0 bridgehead atoms. The van der Waals surface area contributed by atoms with Gasteiger partial charge in [0.15, 0.2) is 0 Å². The minimum absolute atomic E-state index is 0.363. The van der Waals surface area contributed by atoms with E-state index >= 15 is 0 Å². The van der Waals surface area contributed by atoms with Crippen LogP contribution in [0.25, 0.3) is 11.0 Å². The number of carbonyl (C=O) groups excluding carboxylic acids is 1. The predicted molar refractivity (Wildman–Crippen MR) is 63.9 cm³/mol. The van der Waals surface area contributed by atoms with Crippen LogP contribution in [-0.2, 0) is 9.53 Å². The van der Waals surface area contributed by atoms with Crippen LogP contribution >= 0.6 is 0 Å². The Bertz CT molecular complexity index is 644. The second kappa shape index (κ2) is 4.64. The van der Waals surface area contributed by atoms with E-state index in [0.29, 0.717) is 17.5 Å². The van der Waals surface area contributed by atoms with E-state index in [4.69, 9.17) is 0 Å². The van der Waals surface area contributed by atoms with Crippen LogP contribution in [-0.4, -0.2) is 22.6 Å². The molecule has 1 aromatic carbocycles. The molecule has 2 rings (SSSR count). The quantitative estimate of drug-likeness (QED) is 0.844.